The number of thioether (sulfide) groups is 1. The number of rotatable bonds is 3. The minimum absolute atomic E-state index is 0.0515. The van der Waals surface area contributed by atoms with Gasteiger partial charge in [0, 0.05) is 15.9 Å². The first-order chi connectivity index (χ1) is 8.38. The molecule has 0 saturated heterocycles. The van der Waals surface area contributed by atoms with Crippen LogP contribution in [0.25, 0.3) is 0 Å². The van der Waals surface area contributed by atoms with Crippen molar-refractivity contribution in [2.24, 2.45) is 0 Å². The molecule has 92 valence electrons. The maximum atomic E-state index is 8.63. The normalized spacial score (nSPS) is 16.5. The van der Waals surface area contributed by atoms with Gasteiger partial charge in [-0.2, -0.15) is 11.8 Å². The summed E-state index contributed by atoms with van der Waals surface area (Å²) in [5, 5.41) is 9.51. The van der Waals surface area contributed by atoms with Crippen molar-refractivity contribution >= 4 is 23.1 Å². The summed E-state index contributed by atoms with van der Waals surface area (Å²) < 4.78 is 0. The second-order valence-electron chi connectivity index (χ2n) is 4.30. The zero-order valence-corrected chi connectivity index (χ0v) is 11.6. The molecule has 1 saturated carbocycles. The number of hydrogen-bond donors (Lipinski definition) is 1. The van der Waals surface area contributed by atoms with Crippen LogP contribution in [0, 0.1) is 11.8 Å². The lowest BCUT2D eigenvalue weighted by Gasteiger charge is -2.20. The Labute approximate surface area is 112 Å². The lowest BCUT2D eigenvalue weighted by atomic mass is 10.0. The van der Waals surface area contributed by atoms with Gasteiger partial charge in [-0.3, -0.25) is 0 Å². The SMILES string of the molecule is OCC#Cc1ccc(CSC2CCCCC2)s1. The van der Waals surface area contributed by atoms with Crippen LogP contribution in [0.15, 0.2) is 12.1 Å². The molecule has 3 heteroatoms. The first-order valence-corrected chi connectivity index (χ1v) is 8.05. The van der Waals surface area contributed by atoms with Crippen molar-refractivity contribution in [3.63, 3.8) is 0 Å². The number of thiophene rings is 1. The predicted octanol–water partition coefficient (Wildman–Crippen LogP) is 3.66. The van der Waals surface area contributed by atoms with E-state index in [2.05, 4.69) is 35.7 Å². The van der Waals surface area contributed by atoms with Gasteiger partial charge in [0.1, 0.15) is 6.61 Å². The minimum atomic E-state index is -0.0515. The van der Waals surface area contributed by atoms with Crippen molar-refractivity contribution in [1.29, 1.82) is 0 Å². The fourth-order valence-electron chi connectivity index (χ4n) is 2.08. The minimum Gasteiger partial charge on any atom is -0.384 e. The summed E-state index contributed by atoms with van der Waals surface area (Å²) >= 11 is 3.86. The van der Waals surface area contributed by atoms with Crippen LogP contribution in [-0.4, -0.2) is 17.0 Å². The number of aliphatic hydroxyl groups excluding tert-OH is 1. The van der Waals surface area contributed by atoms with Gasteiger partial charge in [0.05, 0.1) is 4.88 Å². The molecule has 1 aromatic heterocycles. The third kappa shape index (κ3) is 4.39. The van der Waals surface area contributed by atoms with Crippen LogP contribution < -0.4 is 0 Å². The largest absolute Gasteiger partial charge is 0.384 e. The highest BCUT2D eigenvalue weighted by Gasteiger charge is 2.13. The van der Waals surface area contributed by atoms with Gasteiger partial charge >= 0.3 is 0 Å². The van der Waals surface area contributed by atoms with E-state index >= 15 is 0 Å². The van der Waals surface area contributed by atoms with Gasteiger partial charge in [-0.1, -0.05) is 31.1 Å². The summed E-state index contributed by atoms with van der Waals surface area (Å²) in [4.78, 5) is 2.47. The Morgan fingerprint density at radius 2 is 2.12 bits per heavy atom. The Hall–Kier alpha value is -0.430. The molecule has 1 nitrogen and oxygen atoms in total. The molecule has 0 spiro atoms. The molecular weight excluding hydrogens is 248 g/mol. The molecule has 1 aliphatic carbocycles. The number of aliphatic hydroxyl groups is 1. The highest BCUT2D eigenvalue weighted by atomic mass is 32.2. The summed E-state index contributed by atoms with van der Waals surface area (Å²) in [5.41, 5.74) is 0. The molecule has 1 aromatic rings. The van der Waals surface area contributed by atoms with Gasteiger partial charge in [-0.25, -0.2) is 0 Å². The second kappa shape index (κ2) is 7.10. The van der Waals surface area contributed by atoms with Crippen LogP contribution >= 0.6 is 23.1 Å². The molecule has 2 rings (SSSR count). The van der Waals surface area contributed by atoms with Crippen LogP contribution in [-0.2, 0) is 5.75 Å². The molecule has 0 atom stereocenters. The molecule has 0 amide bonds. The number of hydrogen-bond acceptors (Lipinski definition) is 3. The summed E-state index contributed by atoms with van der Waals surface area (Å²) in [6.07, 6.45) is 7.04. The van der Waals surface area contributed by atoms with Gasteiger partial charge in [0.2, 0.25) is 0 Å². The Bertz CT molecular complexity index is 394. The molecule has 0 bridgehead atoms. The standard InChI is InChI=1S/C14H18OS2/c15-10-4-7-13-8-9-14(17-13)11-16-12-5-2-1-3-6-12/h8-9,12,15H,1-3,5-6,10-11H2. The van der Waals surface area contributed by atoms with Crippen LogP contribution in [0.3, 0.4) is 0 Å². The summed E-state index contributed by atoms with van der Waals surface area (Å²) in [5.74, 6) is 6.78. The van der Waals surface area contributed by atoms with Crippen molar-refractivity contribution in [2.45, 2.75) is 43.1 Å². The summed E-state index contributed by atoms with van der Waals surface area (Å²) in [6, 6.07) is 4.23. The average Bonchev–Trinajstić information content (AvgIpc) is 2.83. The van der Waals surface area contributed by atoms with Gasteiger partial charge in [-0.15, -0.1) is 11.3 Å². The Morgan fingerprint density at radius 1 is 1.29 bits per heavy atom. The zero-order chi connectivity index (χ0) is 11.9. The molecule has 0 radical (unpaired) electrons. The van der Waals surface area contributed by atoms with Crippen molar-refractivity contribution < 1.29 is 5.11 Å². The molecule has 0 aromatic carbocycles. The van der Waals surface area contributed by atoms with E-state index in [4.69, 9.17) is 5.11 Å². The van der Waals surface area contributed by atoms with Crippen molar-refractivity contribution in [2.75, 3.05) is 6.61 Å². The molecule has 0 aliphatic heterocycles. The van der Waals surface area contributed by atoms with E-state index < -0.39 is 0 Å². The van der Waals surface area contributed by atoms with E-state index in [1.54, 1.807) is 11.3 Å². The van der Waals surface area contributed by atoms with E-state index in [1.807, 2.05) is 0 Å². The van der Waals surface area contributed by atoms with Crippen LogP contribution in [0.4, 0.5) is 0 Å². The molecule has 1 N–H and O–H groups in total. The molecule has 1 fully saturated rings. The first-order valence-electron chi connectivity index (χ1n) is 6.18. The lowest BCUT2D eigenvalue weighted by Crippen LogP contribution is -2.07. The van der Waals surface area contributed by atoms with Crippen LogP contribution in [0.2, 0.25) is 0 Å². The quantitative estimate of drug-likeness (QED) is 0.843. The Kier molecular flexibility index (Phi) is 5.44. The highest BCUT2D eigenvalue weighted by Crippen LogP contribution is 2.31. The van der Waals surface area contributed by atoms with E-state index in [-0.39, 0.29) is 6.61 Å². The fraction of sp³-hybridized carbons (Fsp3) is 0.571. The molecule has 1 heterocycles. The first kappa shape index (κ1) is 13.0. The molecule has 1 aliphatic rings. The van der Waals surface area contributed by atoms with E-state index in [1.165, 1.54) is 37.0 Å². The highest BCUT2D eigenvalue weighted by molar-refractivity contribution is 7.99. The monoisotopic (exact) mass is 266 g/mol. The Balaban J connectivity index is 1.80. The van der Waals surface area contributed by atoms with Crippen molar-refractivity contribution in [3.8, 4) is 11.8 Å². The second-order valence-corrected chi connectivity index (χ2v) is 6.75. The molecule has 0 unspecified atom stereocenters. The fourth-order valence-corrected chi connectivity index (χ4v) is 4.36. The van der Waals surface area contributed by atoms with Crippen molar-refractivity contribution in [1.82, 2.24) is 0 Å². The maximum absolute atomic E-state index is 8.63. The van der Waals surface area contributed by atoms with Crippen molar-refractivity contribution in [3.05, 3.63) is 21.9 Å². The van der Waals surface area contributed by atoms with E-state index in [0.29, 0.717) is 0 Å². The van der Waals surface area contributed by atoms with Gasteiger partial charge < -0.3 is 5.11 Å². The third-order valence-electron chi connectivity index (χ3n) is 2.97. The van der Waals surface area contributed by atoms with E-state index in [0.717, 1.165) is 15.9 Å². The van der Waals surface area contributed by atoms with Gasteiger partial charge in [0.25, 0.3) is 0 Å². The van der Waals surface area contributed by atoms with Gasteiger partial charge in [-0.05, 0) is 25.0 Å². The Morgan fingerprint density at radius 3 is 2.88 bits per heavy atom. The van der Waals surface area contributed by atoms with E-state index in [9.17, 15) is 0 Å². The zero-order valence-electron chi connectivity index (χ0n) is 9.95. The lowest BCUT2D eigenvalue weighted by molar-refractivity contribution is 0.350. The van der Waals surface area contributed by atoms with Crippen LogP contribution in [0.1, 0.15) is 41.9 Å². The average molecular weight is 266 g/mol. The maximum Gasteiger partial charge on any atom is 0.104 e. The summed E-state index contributed by atoms with van der Waals surface area (Å²) in [6.45, 7) is -0.0515. The predicted molar refractivity (Wildman–Crippen MR) is 76.5 cm³/mol. The van der Waals surface area contributed by atoms with Crippen LogP contribution in [0.5, 0.6) is 0 Å². The topological polar surface area (TPSA) is 20.2 Å². The third-order valence-corrected chi connectivity index (χ3v) is 5.57. The molecular formula is C14H18OS2. The van der Waals surface area contributed by atoms with Gasteiger partial charge in [0.15, 0.2) is 0 Å². The smallest absolute Gasteiger partial charge is 0.104 e. The molecule has 17 heavy (non-hydrogen) atoms. The summed E-state index contributed by atoms with van der Waals surface area (Å²) in [7, 11) is 0.